The van der Waals surface area contributed by atoms with Crippen LogP contribution in [0.1, 0.15) is 19.8 Å². The zero-order valence-corrected chi connectivity index (χ0v) is 14.0. The smallest absolute Gasteiger partial charge is 0.228 e. The summed E-state index contributed by atoms with van der Waals surface area (Å²) in [5, 5.41) is 17.1. The van der Waals surface area contributed by atoms with Crippen LogP contribution in [0.2, 0.25) is 10.0 Å². The predicted molar refractivity (Wildman–Crippen MR) is 90.9 cm³/mol. The predicted octanol–water partition coefficient (Wildman–Crippen LogP) is 3.40. The Kier molecular flexibility index (Phi) is 4.43. The van der Waals surface area contributed by atoms with E-state index in [4.69, 9.17) is 39.0 Å². The van der Waals surface area contributed by atoms with E-state index < -0.39 is 6.17 Å². The molecule has 0 saturated carbocycles. The number of aromatic nitrogens is 2. The van der Waals surface area contributed by atoms with Gasteiger partial charge in [0.1, 0.15) is 12.0 Å². The summed E-state index contributed by atoms with van der Waals surface area (Å²) in [6.45, 7) is 2.77. The first kappa shape index (κ1) is 16.0. The second kappa shape index (κ2) is 6.35. The molecule has 122 valence electrons. The van der Waals surface area contributed by atoms with E-state index in [0.29, 0.717) is 33.9 Å². The Hall–Kier alpha value is -1.83. The van der Waals surface area contributed by atoms with Gasteiger partial charge in [0.05, 0.1) is 15.7 Å². The largest absolute Gasteiger partial charge is 0.328 e. The van der Waals surface area contributed by atoms with Crippen molar-refractivity contribution in [2.45, 2.75) is 25.9 Å². The quantitative estimate of drug-likeness (QED) is 0.873. The van der Waals surface area contributed by atoms with Crippen LogP contribution in [0.25, 0.3) is 0 Å². The van der Waals surface area contributed by atoms with Crippen LogP contribution in [0.4, 0.5) is 17.3 Å². The number of benzene rings is 1. The number of nitrogens with two attached hydrogens (primary N) is 1. The molecule has 0 radical (unpaired) electrons. The van der Waals surface area contributed by atoms with Crippen molar-refractivity contribution in [3.8, 4) is 0 Å². The van der Waals surface area contributed by atoms with Gasteiger partial charge in [0, 0.05) is 6.54 Å². The molecule has 1 aliphatic heterocycles. The van der Waals surface area contributed by atoms with Crippen LogP contribution >= 0.6 is 23.2 Å². The fraction of sp³-hybridized carbons (Fsp3) is 0.357. The van der Waals surface area contributed by atoms with E-state index >= 15 is 0 Å². The fourth-order valence-corrected chi connectivity index (χ4v) is 2.78. The minimum Gasteiger partial charge on any atom is -0.328 e. The van der Waals surface area contributed by atoms with Gasteiger partial charge in [-0.1, -0.05) is 36.5 Å². The lowest BCUT2D eigenvalue weighted by Gasteiger charge is -2.38. The Bertz CT molecular complexity index is 734. The molecule has 1 aromatic carbocycles. The first-order chi connectivity index (χ1) is 11.0. The second-order valence-electron chi connectivity index (χ2n) is 5.22. The first-order valence-electron chi connectivity index (χ1n) is 7.23. The summed E-state index contributed by atoms with van der Waals surface area (Å²) >= 11 is 12.0. The molecule has 0 saturated heterocycles. The van der Waals surface area contributed by atoms with Crippen LogP contribution < -0.4 is 15.5 Å². The van der Waals surface area contributed by atoms with Crippen LogP contribution in [-0.2, 0) is 0 Å². The van der Waals surface area contributed by atoms with E-state index in [1.165, 1.54) is 0 Å². The summed E-state index contributed by atoms with van der Waals surface area (Å²) < 4.78 is 4.89. The van der Waals surface area contributed by atoms with Gasteiger partial charge in [-0.25, -0.2) is 4.63 Å². The number of hydrogen-bond acceptors (Lipinski definition) is 6. The van der Waals surface area contributed by atoms with Gasteiger partial charge in [-0.3, -0.25) is 10.3 Å². The van der Waals surface area contributed by atoms with Crippen molar-refractivity contribution < 1.29 is 4.63 Å². The Morgan fingerprint density at radius 1 is 1.26 bits per heavy atom. The molecule has 0 aliphatic carbocycles. The number of halogens is 2. The molecule has 0 fully saturated rings. The van der Waals surface area contributed by atoms with Gasteiger partial charge in [-0.05, 0) is 34.9 Å². The highest BCUT2D eigenvalue weighted by molar-refractivity contribution is 6.42. The van der Waals surface area contributed by atoms with Crippen LogP contribution in [0.5, 0.6) is 0 Å². The number of fused-ring (bicyclic) bond motifs is 1. The van der Waals surface area contributed by atoms with Crippen molar-refractivity contribution in [3.63, 3.8) is 0 Å². The molecule has 0 amide bonds. The summed E-state index contributed by atoms with van der Waals surface area (Å²) in [4.78, 5) is 3.40. The Labute approximate surface area is 143 Å². The molecule has 1 unspecified atom stereocenters. The second-order valence-corrected chi connectivity index (χ2v) is 6.04. The highest BCUT2D eigenvalue weighted by Gasteiger charge is 2.38. The Morgan fingerprint density at radius 3 is 2.70 bits per heavy atom. The maximum atomic E-state index is 8.42. The van der Waals surface area contributed by atoms with Gasteiger partial charge in [0.15, 0.2) is 0 Å². The van der Waals surface area contributed by atoms with Crippen LogP contribution in [-0.4, -0.2) is 28.9 Å². The van der Waals surface area contributed by atoms with Crippen molar-refractivity contribution in [2.24, 2.45) is 5.73 Å². The average molecular weight is 355 g/mol. The topological polar surface area (TPSA) is 95.3 Å². The minimum atomic E-state index is -0.643. The van der Waals surface area contributed by atoms with Crippen molar-refractivity contribution in [3.05, 3.63) is 28.2 Å². The molecule has 23 heavy (non-hydrogen) atoms. The maximum absolute atomic E-state index is 8.42. The van der Waals surface area contributed by atoms with E-state index in [2.05, 4.69) is 17.2 Å². The molecule has 3 rings (SSSR count). The zero-order valence-electron chi connectivity index (χ0n) is 12.5. The number of nitrogens with zero attached hydrogens (tertiary/aromatic N) is 4. The van der Waals surface area contributed by atoms with E-state index in [0.717, 1.165) is 12.8 Å². The molecule has 7 nitrogen and oxygen atoms in total. The number of rotatable bonds is 4. The van der Waals surface area contributed by atoms with Gasteiger partial charge < -0.3 is 10.6 Å². The average Bonchev–Trinajstić information content (AvgIpc) is 3.00. The normalized spacial score (nSPS) is 17.6. The number of hydrogen-bond donors (Lipinski definition) is 2. The molecule has 0 spiro atoms. The van der Waals surface area contributed by atoms with E-state index in [9.17, 15) is 0 Å². The molecule has 3 N–H and O–H groups in total. The monoisotopic (exact) mass is 354 g/mol. The van der Waals surface area contributed by atoms with Crippen molar-refractivity contribution in [1.82, 2.24) is 10.3 Å². The molecule has 1 atom stereocenters. The molecular weight excluding hydrogens is 339 g/mol. The summed E-state index contributed by atoms with van der Waals surface area (Å²) in [7, 11) is 0. The maximum Gasteiger partial charge on any atom is 0.228 e. The summed E-state index contributed by atoms with van der Waals surface area (Å²) in [5.74, 6) is 1.11. The van der Waals surface area contributed by atoms with Crippen molar-refractivity contribution in [2.75, 3.05) is 16.3 Å². The highest BCUT2D eigenvalue weighted by Crippen LogP contribution is 2.38. The number of anilines is 3. The standard InChI is InChI=1S/C14H16Cl2N6O/c1-2-3-6-21-11(17)12(18)22(14-13(21)19-23-20-14)8-4-5-9(15)10(16)7-8/h4-5,7,11,18H,2-3,6,17H2,1H3. The Morgan fingerprint density at radius 2 is 2.00 bits per heavy atom. The van der Waals surface area contributed by atoms with E-state index in [-0.39, 0.29) is 5.84 Å². The summed E-state index contributed by atoms with van der Waals surface area (Å²) in [6, 6.07) is 5.07. The van der Waals surface area contributed by atoms with E-state index in [1.807, 2.05) is 4.90 Å². The molecule has 2 aromatic rings. The molecule has 1 aliphatic rings. The lowest BCUT2D eigenvalue weighted by Crippen LogP contribution is -2.56. The number of amidine groups is 1. The fourth-order valence-electron chi connectivity index (χ4n) is 2.49. The molecule has 1 aromatic heterocycles. The lowest BCUT2D eigenvalue weighted by molar-refractivity contribution is 0.308. The molecule has 2 heterocycles. The number of unbranched alkanes of at least 4 members (excludes halogenated alkanes) is 1. The summed E-state index contributed by atoms with van der Waals surface area (Å²) in [5.41, 5.74) is 6.86. The van der Waals surface area contributed by atoms with Gasteiger partial charge in [-0.2, -0.15) is 0 Å². The third-order valence-electron chi connectivity index (χ3n) is 3.71. The van der Waals surface area contributed by atoms with Crippen molar-refractivity contribution >= 4 is 46.4 Å². The first-order valence-corrected chi connectivity index (χ1v) is 7.98. The molecule has 9 heteroatoms. The van der Waals surface area contributed by atoms with E-state index in [1.54, 1.807) is 23.1 Å². The van der Waals surface area contributed by atoms with Gasteiger partial charge >= 0.3 is 0 Å². The SMILES string of the molecule is CCCCN1c2nonc2N(c2ccc(Cl)c(Cl)c2)C(=N)C1N. The van der Waals surface area contributed by atoms with Crippen LogP contribution in [0, 0.1) is 5.41 Å². The highest BCUT2D eigenvalue weighted by atomic mass is 35.5. The van der Waals surface area contributed by atoms with Crippen molar-refractivity contribution in [1.29, 1.82) is 5.41 Å². The molecular formula is C14H16Cl2N6O. The lowest BCUT2D eigenvalue weighted by atomic mass is 10.2. The molecule has 0 bridgehead atoms. The third-order valence-corrected chi connectivity index (χ3v) is 4.45. The van der Waals surface area contributed by atoms with Gasteiger partial charge in [-0.15, -0.1) is 0 Å². The van der Waals surface area contributed by atoms with Gasteiger partial charge in [0.2, 0.25) is 11.6 Å². The van der Waals surface area contributed by atoms with Crippen LogP contribution in [0.3, 0.4) is 0 Å². The van der Waals surface area contributed by atoms with Gasteiger partial charge in [0.25, 0.3) is 0 Å². The Balaban J connectivity index is 2.04. The third kappa shape index (κ3) is 2.75. The zero-order chi connectivity index (χ0) is 16.6. The number of nitrogens with one attached hydrogen (secondary N) is 1. The van der Waals surface area contributed by atoms with Crippen LogP contribution in [0.15, 0.2) is 22.8 Å². The minimum absolute atomic E-state index is 0.169. The summed E-state index contributed by atoms with van der Waals surface area (Å²) in [6.07, 6.45) is 1.30.